The molecule has 1 N–H and O–H groups in total. The van der Waals surface area contributed by atoms with Crippen LogP contribution < -0.4 is 5.32 Å². The summed E-state index contributed by atoms with van der Waals surface area (Å²) in [6.07, 6.45) is 4.28. The van der Waals surface area contributed by atoms with Crippen LogP contribution in [0, 0.1) is 5.92 Å². The summed E-state index contributed by atoms with van der Waals surface area (Å²) < 4.78 is 1.86. The third-order valence-corrected chi connectivity index (χ3v) is 2.44. The maximum atomic E-state index is 11.3. The molecule has 2 rings (SSSR count). The number of hydrogen-bond donors (Lipinski definition) is 1. The molecule has 1 aromatic rings. The smallest absolute Gasteiger partial charge is 0.230 e. The van der Waals surface area contributed by atoms with E-state index >= 15 is 0 Å². The highest BCUT2D eigenvalue weighted by Crippen LogP contribution is 2.16. The first-order valence-electron chi connectivity index (χ1n) is 4.45. The van der Waals surface area contributed by atoms with Gasteiger partial charge in [0, 0.05) is 31.8 Å². The van der Waals surface area contributed by atoms with Crippen molar-refractivity contribution in [1.29, 1.82) is 0 Å². The highest BCUT2D eigenvalue weighted by Gasteiger charge is 2.30. The highest BCUT2D eigenvalue weighted by atomic mass is 16.2. The van der Waals surface area contributed by atoms with E-state index in [1.165, 1.54) is 0 Å². The summed E-state index contributed by atoms with van der Waals surface area (Å²) in [6, 6.07) is 0. The van der Waals surface area contributed by atoms with Gasteiger partial charge in [-0.2, -0.15) is 0 Å². The van der Waals surface area contributed by atoms with E-state index in [-0.39, 0.29) is 17.7 Å². The zero-order valence-corrected chi connectivity index (χ0v) is 7.86. The molecule has 0 radical (unpaired) electrons. The molecule has 1 aromatic heterocycles. The fourth-order valence-electron chi connectivity index (χ4n) is 1.61. The first-order chi connectivity index (χ1) is 6.66. The third kappa shape index (κ3) is 1.53. The molecule has 1 aliphatic heterocycles. The van der Waals surface area contributed by atoms with Crippen molar-refractivity contribution in [2.45, 2.75) is 12.8 Å². The Kier molecular flexibility index (Phi) is 2.07. The molecule has 1 unspecified atom stereocenters. The Bertz CT molecular complexity index is 383. The van der Waals surface area contributed by atoms with Gasteiger partial charge in [-0.25, -0.2) is 4.98 Å². The molecule has 1 fully saturated rings. The van der Waals surface area contributed by atoms with Crippen LogP contribution in [-0.4, -0.2) is 21.4 Å². The van der Waals surface area contributed by atoms with Crippen molar-refractivity contribution in [3.8, 4) is 0 Å². The number of carbonyl (C=O) groups is 2. The van der Waals surface area contributed by atoms with E-state index in [1.54, 1.807) is 12.5 Å². The van der Waals surface area contributed by atoms with Crippen molar-refractivity contribution < 1.29 is 9.59 Å². The number of carbonyl (C=O) groups excluding carboxylic acids is 2. The second kappa shape index (κ2) is 3.25. The first-order valence-corrected chi connectivity index (χ1v) is 4.45. The Balaban J connectivity index is 2.09. The molecule has 2 heterocycles. The van der Waals surface area contributed by atoms with Gasteiger partial charge in [-0.15, -0.1) is 0 Å². The number of amides is 2. The molecule has 5 heteroatoms. The summed E-state index contributed by atoms with van der Waals surface area (Å²) in [5.74, 6) is -0.573. The van der Waals surface area contributed by atoms with Gasteiger partial charge in [0.05, 0.1) is 12.2 Å². The van der Waals surface area contributed by atoms with Crippen molar-refractivity contribution >= 4 is 11.8 Å². The number of nitrogens with zero attached hydrogens (tertiary/aromatic N) is 2. The Morgan fingerprint density at radius 2 is 2.43 bits per heavy atom. The molecule has 14 heavy (non-hydrogen) atoms. The van der Waals surface area contributed by atoms with Crippen LogP contribution in [0.25, 0.3) is 0 Å². The summed E-state index contributed by atoms with van der Waals surface area (Å²) in [5.41, 5.74) is 0.972. The quantitative estimate of drug-likeness (QED) is 0.651. The van der Waals surface area contributed by atoms with E-state index in [9.17, 15) is 9.59 Å². The maximum Gasteiger partial charge on any atom is 0.230 e. The monoisotopic (exact) mass is 193 g/mol. The third-order valence-electron chi connectivity index (χ3n) is 2.44. The van der Waals surface area contributed by atoms with E-state index in [2.05, 4.69) is 10.3 Å². The fourth-order valence-corrected chi connectivity index (χ4v) is 1.61. The average Bonchev–Trinajstić information content (AvgIpc) is 2.62. The van der Waals surface area contributed by atoms with Crippen LogP contribution >= 0.6 is 0 Å². The van der Waals surface area contributed by atoms with E-state index < -0.39 is 0 Å². The van der Waals surface area contributed by atoms with Gasteiger partial charge in [0.1, 0.15) is 0 Å². The minimum Gasteiger partial charge on any atom is -0.338 e. The predicted octanol–water partition coefficient (Wildman–Crippen LogP) is -0.375. The molecule has 1 saturated heterocycles. The zero-order chi connectivity index (χ0) is 10.1. The number of hydrogen-bond acceptors (Lipinski definition) is 3. The normalized spacial score (nSPS) is 21.4. The minimum absolute atomic E-state index is 0.170. The summed E-state index contributed by atoms with van der Waals surface area (Å²) in [6.45, 7) is 0. The van der Waals surface area contributed by atoms with Gasteiger partial charge in [-0.3, -0.25) is 14.9 Å². The topological polar surface area (TPSA) is 64.0 Å². The first kappa shape index (κ1) is 8.93. The van der Waals surface area contributed by atoms with Crippen LogP contribution in [0.2, 0.25) is 0 Å². The van der Waals surface area contributed by atoms with Crippen LogP contribution in [-0.2, 0) is 23.1 Å². The minimum atomic E-state index is -0.224. The van der Waals surface area contributed by atoms with Gasteiger partial charge in [-0.1, -0.05) is 0 Å². The van der Waals surface area contributed by atoms with Gasteiger partial charge < -0.3 is 4.57 Å². The molecule has 1 atom stereocenters. The van der Waals surface area contributed by atoms with E-state index in [0.29, 0.717) is 12.8 Å². The van der Waals surface area contributed by atoms with Gasteiger partial charge >= 0.3 is 0 Å². The van der Waals surface area contributed by atoms with Gasteiger partial charge in [-0.05, 0) is 0 Å². The van der Waals surface area contributed by atoms with Gasteiger partial charge in [0.15, 0.2) is 0 Å². The fraction of sp³-hybridized carbons (Fsp3) is 0.444. The summed E-state index contributed by atoms with van der Waals surface area (Å²) >= 11 is 0. The molecule has 2 amide bonds. The van der Waals surface area contributed by atoms with E-state index in [0.717, 1.165) is 5.69 Å². The molecule has 0 aliphatic carbocycles. The Hall–Kier alpha value is -1.65. The Labute approximate surface area is 81.1 Å². The van der Waals surface area contributed by atoms with Crippen LogP contribution in [0.3, 0.4) is 0 Å². The molecule has 0 aromatic carbocycles. The molecule has 0 spiro atoms. The molecule has 0 saturated carbocycles. The molecule has 0 bridgehead atoms. The number of imidazole rings is 1. The molecular weight excluding hydrogens is 182 g/mol. The summed E-state index contributed by atoms with van der Waals surface area (Å²) in [5, 5.41) is 2.29. The number of nitrogens with one attached hydrogen (secondary N) is 1. The average molecular weight is 193 g/mol. The van der Waals surface area contributed by atoms with Crippen LogP contribution in [0.15, 0.2) is 12.5 Å². The number of rotatable bonds is 2. The van der Waals surface area contributed by atoms with Crippen LogP contribution in [0.4, 0.5) is 0 Å². The van der Waals surface area contributed by atoms with Crippen molar-refractivity contribution in [2.24, 2.45) is 13.0 Å². The lowest BCUT2D eigenvalue weighted by Crippen LogP contribution is -2.23. The van der Waals surface area contributed by atoms with Gasteiger partial charge in [0.25, 0.3) is 0 Å². The number of aromatic nitrogens is 2. The standard InChI is InChI=1S/C9H11N3O2/c1-12-5-10-4-7(12)2-6-3-8(13)11-9(6)14/h4-6H,2-3H2,1H3,(H,11,13,14). The molecule has 1 aliphatic rings. The SMILES string of the molecule is Cn1cncc1CC1CC(=O)NC1=O. The van der Waals surface area contributed by atoms with Crippen molar-refractivity contribution in [2.75, 3.05) is 0 Å². The van der Waals surface area contributed by atoms with Gasteiger partial charge in [0.2, 0.25) is 11.8 Å². The largest absolute Gasteiger partial charge is 0.338 e. The van der Waals surface area contributed by atoms with E-state index in [4.69, 9.17) is 0 Å². The van der Waals surface area contributed by atoms with Crippen LogP contribution in [0.1, 0.15) is 12.1 Å². The lowest BCUT2D eigenvalue weighted by atomic mass is 10.0. The number of aryl methyl sites for hydroxylation is 1. The zero-order valence-electron chi connectivity index (χ0n) is 7.86. The second-order valence-electron chi connectivity index (χ2n) is 3.51. The molecule has 74 valence electrons. The number of imide groups is 1. The Morgan fingerprint density at radius 1 is 1.64 bits per heavy atom. The van der Waals surface area contributed by atoms with Crippen molar-refractivity contribution in [1.82, 2.24) is 14.9 Å². The summed E-state index contributed by atoms with van der Waals surface area (Å²) in [7, 11) is 1.87. The second-order valence-corrected chi connectivity index (χ2v) is 3.51. The highest BCUT2D eigenvalue weighted by molar-refractivity contribution is 6.03. The van der Waals surface area contributed by atoms with E-state index in [1.807, 2.05) is 11.6 Å². The van der Waals surface area contributed by atoms with Crippen molar-refractivity contribution in [3.63, 3.8) is 0 Å². The lowest BCUT2D eigenvalue weighted by Gasteiger charge is -2.05. The molecule has 5 nitrogen and oxygen atoms in total. The Morgan fingerprint density at radius 3 is 2.93 bits per heavy atom. The maximum absolute atomic E-state index is 11.3. The molecular formula is C9H11N3O2. The predicted molar refractivity (Wildman–Crippen MR) is 48.2 cm³/mol. The summed E-state index contributed by atoms with van der Waals surface area (Å²) in [4.78, 5) is 26.1. The van der Waals surface area contributed by atoms with Crippen LogP contribution in [0.5, 0.6) is 0 Å². The van der Waals surface area contributed by atoms with Crippen molar-refractivity contribution in [3.05, 3.63) is 18.2 Å². The lowest BCUT2D eigenvalue weighted by molar-refractivity contribution is -0.125.